The molecule has 3 fully saturated rings. The number of carbonyl (C=O) groups is 1. The van der Waals surface area contributed by atoms with Gasteiger partial charge in [-0.25, -0.2) is 0 Å². The molecule has 190 valence electrons. The number of hydrogen-bond donors (Lipinski definition) is 2. The normalized spacial score (nSPS) is 44.5. The minimum absolute atomic E-state index is 0.120. The smallest absolute Gasteiger partial charge is 0.305 e. The number of aliphatic hydroxyl groups excluding tert-OH is 2. The molecule has 2 N–H and O–H groups in total. The summed E-state index contributed by atoms with van der Waals surface area (Å²) in [5.74, 6) is 2.54. The summed E-state index contributed by atoms with van der Waals surface area (Å²) in [4.78, 5) is 11.6. The lowest BCUT2D eigenvalue weighted by atomic mass is 9.43. The summed E-state index contributed by atoms with van der Waals surface area (Å²) in [6.07, 6.45) is 14.4. The first-order chi connectivity index (χ1) is 15.6. The van der Waals surface area contributed by atoms with Crippen molar-refractivity contribution in [1.29, 1.82) is 0 Å². The lowest BCUT2D eigenvalue weighted by molar-refractivity contribution is -0.169. The zero-order valence-electron chi connectivity index (χ0n) is 22.1. The van der Waals surface area contributed by atoms with Crippen LogP contribution in [-0.2, 0) is 9.53 Å². The fourth-order valence-electron chi connectivity index (χ4n) is 8.15. The number of ether oxygens (including phenoxy) is 1. The SMILES string of the molecule is CCCC.COC(=O)CC[C@@H](C)C1C=C[C@H]2[C@@H]3[C@@H](O)C[C@@H]4C[C@H](O)CC[C@]4(C)[C@H]3CC[C@]12C. The molecule has 0 saturated heterocycles. The Morgan fingerprint density at radius 1 is 1.06 bits per heavy atom. The van der Waals surface area contributed by atoms with E-state index in [0.717, 1.165) is 32.1 Å². The highest BCUT2D eigenvalue weighted by Crippen LogP contribution is 2.66. The molecule has 0 amide bonds. The molecule has 0 aromatic rings. The van der Waals surface area contributed by atoms with Gasteiger partial charge in [0.15, 0.2) is 0 Å². The first kappa shape index (κ1) is 26.7. The molecule has 0 aromatic carbocycles. The van der Waals surface area contributed by atoms with Crippen molar-refractivity contribution in [2.24, 2.45) is 46.3 Å². The van der Waals surface area contributed by atoms with Crippen LogP contribution in [0.5, 0.6) is 0 Å². The van der Waals surface area contributed by atoms with Crippen molar-refractivity contribution in [2.45, 2.75) is 111 Å². The van der Waals surface area contributed by atoms with E-state index in [-0.39, 0.29) is 29.0 Å². The van der Waals surface area contributed by atoms with Gasteiger partial charge in [0.2, 0.25) is 0 Å². The van der Waals surface area contributed by atoms with Gasteiger partial charge in [0.1, 0.15) is 0 Å². The maximum atomic E-state index is 11.6. The third kappa shape index (κ3) is 5.08. The van der Waals surface area contributed by atoms with Crippen molar-refractivity contribution in [1.82, 2.24) is 0 Å². The van der Waals surface area contributed by atoms with Crippen LogP contribution < -0.4 is 0 Å². The van der Waals surface area contributed by atoms with E-state index in [0.29, 0.717) is 41.9 Å². The molecule has 0 aliphatic heterocycles. The summed E-state index contributed by atoms with van der Waals surface area (Å²) >= 11 is 0. The number of carbonyl (C=O) groups excluding carboxylic acids is 1. The van der Waals surface area contributed by atoms with E-state index in [2.05, 4.69) is 46.8 Å². The Morgan fingerprint density at radius 3 is 2.36 bits per heavy atom. The van der Waals surface area contributed by atoms with Crippen LogP contribution in [0.4, 0.5) is 0 Å². The molecule has 4 heteroatoms. The molecule has 1 unspecified atom stereocenters. The molecule has 0 aromatic heterocycles. The molecule has 4 aliphatic rings. The molecule has 0 radical (unpaired) electrons. The van der Waals surface area contributed by atoms with Gasteiger partial charge in [-0.1, -0.05) is 59.6 Å². The largest absolute Gasteiger partial charge is 0.469 e. The minimum Gasteiger partial charge on any atom is -0.469 e. The Kier molecular flexibility index (Phi) is 8.76. The highest BCUT2D eigenvalue weighted by Gasteiger charge is 2.61. The van der Waals surface area contributed by atoms with E-state index < -0.39 is 0 Å². The molecule has 0 spiro atoms. The second kappa shape index (κ2) is 10.8. The van der Waals surface area contributed by atoms with Crippen molar-refractivity contribution in [2.75, 3.05) is 7.11 Å². The van der Waals surface area contributed by atoms with Crippen LogP contribution >= 0.6 is 0 Å². The third-order valence-electron chi connectivity index (χ3n) is 10.4. The van der Waals surface area contributed by atoms with Gasteiger partial charge >= 0.3 is 5.97 Å². The van der Waals surface area contributed by atoms with Crippen LogP contribution in [0.2, 0.25) is 0 Å². The van der Waals surface area contributed by atoms with Crippen LogP contribution in [0.15, 0.2) is 12.2 Å². The Labute approximate surface area is 202 Å². The zero-order valence-corrected chi connectivity index (χ0v) is 22.1. The van der Waals surface area contributed by atoms with Gasteiger partial charge in [-0.3, -0.25) is 4.79 Å². The van der Waals surface area contributed by atoms with E-state index in [1.807, 2.05) is 0 Å². The first-order valence-corrected chi connectivity index (χ1v) is 13.7. The van der Waals surface area contributed by atoms with Crippen molar-refractivity contribution in [3.63, 3.8) is 0 Å². The Bertz CT molecular complexity index is 687. The lowest BCUT2D eigenvalue weighted by Crippen LogP contribution is -2.58. The number of methoxy groups -OCH3 is 1. The zero-order chi connectivity index (χ0) is 24.4. The number of allylic oxidation sites excluding steroid dienone is 2. The van der Waals surface area contributed by atoms with Crippen LogP contribution in [0.25, 0.3) is 0 Å². The highest BCUT2D eigenvalue weighted by atomic mass is 16.5. The lowest BCUT2D eigenvalue weighted by Gasteiger charge is -2.62. The molecule has 0 heterocycles. The summed E-state index contributed by atoms with van der Waals surface area (Å²) in [7, 11) is 1.46. The highest BCUT2D eigenvalue weighted by molar-refractivity contribution is 5.69. The molecule has 4 aliphatic carbocycles. The number of fused-ring (bicyclic) bond motifs is 5. The number of aliphatic hydroxyl groups is 2. The molecule has 10 atom stereocenters. The molecule has 3 saturated carbocycles. The fraction of sp³-hybridized carbons (Fsp3) is 0.897. The van der Waals surface area contributed by atoms with Gasteiger partial charge in [0, 0.05) is 6.42 Å². The molecule has 33 heavy (non-hydrogen) atoms. The first-order valence-electron chi connectivity index (χ1n) is 13.7. The standard InChI is InChI=1S/C25H40O4.C4H10/c1-15(5-8-22(28)29-4)18-6-7-19-23-20(10-12-25(18,19)3)24(2)11-9-17(26)13-16(24)14-21(23)27;1-3-4-2/h6-7,15-21,23,26-27H,5,8-14H2,1-4H3;3-4H2,1-2H3/t15-,16+,17-,18?,19+,20+,21+,23+,24+,25-;/m1./s1. The number of esters is 1. The molecule has 0 bridgehead atoms. The number of unbranched alkanes of at least 4 members (excludes halogenated alkanes) is 1. The second-order valence-corrected chi connectivity index (χ2v) is 12.2. The second-order valence-electron chi connectivity index (χ2n) is 12.2. The van der Waals surface area contributed by atoms with E-state index in [4.69, 9.17) is 4.74 Å². The van der Waals surface area contributed by atoms with Crippen LogP contribution in [0.3, 0.4) is 0 Å². The van der Waals surface area contributed by atoms with E-state index >= 15 is 0 Å². The van der Waals surface area contributed by atoms with E-state index in [1.165, 1.54) is 32.8 Å². The Hall–Kier alpha value is -0.870. The van der Waals surface area contributed by atoms with Gasteiger partial charge in [0.25, 0.3) is 0 Å². The summed E-state index contributed by atoms with van der Waals surface area (Å²) in [5.41, 5.74) is 0.432. The van der Waals surface area contributed by atoms with Gasteiger partial charge in [-0.2, -0.15) is 0 Å². The topological polar surface area (TPSA) is 66.8 Å². The van der Waals surface area contributed by atoms with E-state index in [1.54, 1.807) is 0 Å². The molecule has 4 rings (SSSR count). The molecule has 4 nitrogen and oxygen atoms in total. The van der Waals surface area contributed by atoms with Crippen LogP contribution in [0, 0.1) is 46.3 Å². The van der Waals surface area contributed by atoms with Crippen LogP contribution in [0.1, 0.15) is 98.8 Å². The summed E-state index contributed by atoms with van der Waals surface area (Å²) in [5, 5.41) is 21.5. The van der Waals surface area contributed by atoms with Crippen molar-refractivity contribution >= 4 is 5.97 Å². The average Bonchev–Trinajstić information content (AvgIpc) is 3.15. The third-order valence-corrected chi connectivity index (χ3v) is 10.4. The number of rotatable bonds is 5. The van der Waals surface area contributed by atoms with Gasteiger partial charge in [-0.15, -0.1) is 0 Å². The average molecular weight is 463 g/mol. The van der Waals surface area contributed by atoms with E-state index in [9.17, 15) is 15.0 Å². The fourth-order valence-corrected chi connectivity index (χ4v) is 8.15. The maximum absolute atomic E-state index is 11.6. The van der Waals surface area contributed by atoms with Crippen molar-refractivity contribution < 1.29 is 19.7 Å². The Morgan fingerprint density at radius 2 is 1.73 bits per heavy atom. The predicted molar refractivity (Wildman–Crippen MR) is 134 cm³/mol. The summed E-state index contributed by atoms with van der Waals surface area (Å²) < 4.78 is 4.84. The van der Waals surface area contributed by atoms with Crippen LogP contribution in [-0.4, -0.2) is 35.5 Å². The quantitative estimate of drug-likeness (QED) is 0.380. The number of hydrogen-bond acceptors (Lipinski definition) is 4. The maximum Gasteiger partial charge on any atom is 0.305 e. The van der Waals surface area contributed by atoms with Crippen molar-refractivity contribution in [3.05, 3.63) is 12.2 Å². The Balaban J connectivity index is 0.000000709. The molecular weight excluding hydrogens is 412 g/mol. The van der Waals surface area contributed by atoms with Gasteiger partial charge < -0.3 is 14.9 Å². The monoisotopic (exact) mass is 462 g/mol. The van der Waals surface area contributed by atoms with Crippen molar-refractivity contribution in [3.8, 4) is 0 Å². The molecular formula is C29H50O4. The summed E-state index contributed by atoms with van der Waals surface area (Å²) in [6.45, 7) is 11.5. The summed E-state index contributed by atoms with van der Waals surface area (Å²) in [6, 6.07) is 0. The van der Waals surface area contributed by atoms with Gasteiger partial charge in [0.05, 0.1) is 19.3 Å². The van der Waals surface area contributed by atoms with Gasteiger partial charge in [-0.05, 0) is 91.3 Å². The minimum atomic E-state index is -0.262. The predicted octanol–water partition coefficient (Wildman–Crippen LogP) is 6.15.